The van der Waals surface area contributed by atoms with Crippen LogP contribution in [-0.2, 0) is 6.54 Å². The molecular formula is C13H19NO3S. The Morgan fingerprint density at radius 2 is 2.33 bits per heavy atom. The number of aliphatic hydroxyl groups excluding tert-OH is 1. The van der Waals surface area contributed by atoms with E-state index in [1.54, 1.807) is 6.07 Å². The number of aromatic carboxylic acids is 1. The van der Waals surface area contributed by atoms with E-state index in [-0.39, 0.29) is 6.10 Å². The molecule has 1 heterocycles. The fourth-order valence-corrected chi connectivity index (χ4v) is 3.33. The molecule has 2 atom stereocenters. The Labute approximate surface area is 111 Å². The number of hydrogen-bond donors (Lipinski definition) is 3. The van der Waals surface area contributed by atoms with Crippen LogP contribution < -0.4 is 5.32 Å². The number of carboxylic acid groups (broad SMARTS) is 1. The molecule has 1 aromatic heterocycles. The fraction of sp³-hybridized carbons (Fsp3) is 0.615. The Morgan fingerprint density at radius 3 is 2.89 bits per heavy atom. The number of carboxylic acids is 1. The molecule has 1 aromatic rings. The molecule has 2 unspecified atom stereocenters. The second-order valence-corrected chi connectivity index (χ2v) is 6.22. The summed E-state index contributed by atoms with van der Waals surface area (Å²) < 4.78 is 0. The third-order valence-corrected chi connectivity index (χ3v) is 4.57. The molecule has 0 amide bonds. The predicted octanol–water partition coefficient (Wildman–Crippen LogP) is 2.01. The van der Waals surface area contributed by atoms with Crippen LogP contribution in [0.15, 0.2) is 6.07 Å². The van der Waals surface area contributed by atoms with Gasteiger partial charge in [-0.2, -0.15) is 0 Å². The highest BCUT2D eigenvalue weighted by Gasteiger charge is 2.22. The minimum atomic E-state index is -0.853. The summed E-state index contributed by atoms with van der Waals surface area (Å²) in [5.41, 5.74) is 1.07. The standard InChI is InChI=1S/C13H19NO3S/c1-8-10(5-12(18-8)13(16)17)7-14-6-9-2-3-11(15)4-9/h5,9,11,14-15H,2-4,6-7H2,1H3,(H,16,17). The van der Waals surface area contributed by atoms with E-state index in [9.17, 15) is 9.90 Å². The van der Waals surface area contributed by atoms with E-state index in [0.717, 1.165) is 36.2 Å². The summed E-state index contributed by atoms with van der Waals surface area (Å²) in [5.74, 6) is -0.300. The van der Waals surface area contributed by atoms with Crippen molar-refractivity contribution in [1.82, 2.24) is 5.32 Å². The van der Waals surface area contributed by atoms with Gasteiger partial charge in [-0.1, -0.05) is 0 Å². The molecule has 0 bridgehead atoms. The van der Waals surface area contributed by atoms with Gasteiger partial charge in [0, 0.05) is 11.4 Å². The second-order valence-electron chi connectivity index (χ2n) is 4.96. The van der Waals surface area contributed by atoms with Crippen LogP contribution in [0.25, 0.3) is 0 Å². The Bertz CT molecular complexity index is 430. The van der Waals surface area contributed by atoms with Crippen LogP contribution in [0.3, 0.4) is 0 Å². The van der Waals surface area contributed by atoms with Crippen molar-refractivity contribution in [2.24, 2.45) is 5.92 Å². The molecule has 18 heavy (non-hydrogen) atoms. The summed E-state index contributed by atoms with van der Waals surface area (Å²) in [6.45, 7) is 3.56. The Balaban J connectivity index is 1.81. The minimum Gasteiger partial charge on any atom is -0.477 e. The number of aryl methyl sites for hydroxylation is 1. The van der Waals surface area contributed by atoms with Gasteiger partial charge in [-0.3, -0.25) is 0 Å². The number of aliphatic hydroxyl groups is 1. The van der Waals surface area contributed by atoms with Crippen molar-refractivity contribution < 1.29 is 15.0 Å². The first-order valence-corrected chi connectivity index (χ1v) is 7.09. The summed E-state index contributed by atoms with van der Waals surface area (Å²) in [5, 5.41) is 21.7. The maximum absolute atomic E-state index is 10.8. The van der Waals surface area contributed by atoms with Gasteiger partial charge in [0.25, 0.3) is 0 Å². The number of carbonyl (C=O) groups is 1. The fourth-order valence-electron chi connectivity index (χ4n) is 2.45. The lowest BCUT2D eigenvalue weighted by Crippen LogP contribution is -2.21. The molecule has 0 aromatic carbocycles. The summed E-state index contributed by atoms with van der Waals surface area (Å²) in [6, 6.07) is 1.75. The molecule has 1 fully saturated rings. The van der Waals surface area contributed by atoms with Crippen molar-refractivity contribution in [3.05, 3.63) is 21.4 Å². The van der Waals surface area contributed by atoms with Gasteiger partial charge in [-0.15, -0.1) is 11.3 Å². The van der Waals surface area contributed by atoms with Crippen LogP contribution in [0.1, 0.15) is 39.4 Å². The number of hydrogen-bond acceptors (Lipinski definition) is 4. The second kappa shape index (κ2) is 5.82. The zero-order valence-electron chi connectivity index (χ0n) is 10.5. The van der Waals surface area contributed by atoms with Gasteiger partial charge < -0.3 is 15.5 Å². The first kappa shape index (κ1) is 13.5. The van der Waals surface area contributed by atoms with Crippen molar-refractivity contribution >= 4 is 17.3 Å². The molecule has 1 aliphatic carbocycles. The van der Waals surface area contributed by atoms with Crippen molar-refractivity contribution in [1.29, 1.82) is 0 Å². The van der Waals surface area contributed by atoms with E-state index in [0.29, 0.717) is 17.3 Å². The van der Waals surface area contributed by atoms with E-state index >= 15 is 0 Å². The molecule has 0 aliphatic heterocycles. The van der Waals surface area contributed by atoms with E-state index < -0.39 is 5.97 Å². The molecular weight excluding hydrogens is 250 g/mol. The van der Waals surface area contributed by atoms with Crippen molar-refractivity contribution in [2.75, 3.05) is 6.54 Å². The highest BCUT2D eigenvalue weighted by molar-refractivity contribution is 7.14. The molecule has 3 N–H and O–H groups in total. The van der Waals surface area contributed by atoms with E-state index in [2.05, 4.69) is 5.32 Å². The third-order valence-electron chi connectivity index (χ3n) is 3.49. The summed E-state index contributed by atoms with van der Waals surface area (Å²) in [4.78, 5) is 12.3. The summed E-state index contributed by atoms with van der Waals surface area (Å²) >= 11 is 1.33. The predicted molar refractivity (Wildman–Crippen MR) is 71.1 cm³/mol. The minimum absolute atomic E-state index is 0.127. The number of thiophene rings is 1. The number of rotatable bonds is 5. The van der Waals surface area contributed by atoms with Crippen LogP contribution in [0.4, 0.5) is 0 Å². The smallest absolute Gasteiger partial charge is 0.345 e. The lowest BCUT2D eigenvalue weighted by molar-refractivity contribution is 0.0702. The topological polar surface area (TPSA) is 69.6 Å². The van der Waals surface area contributed by atoms with E-state index in [1.165, 1.54) is 11.3 Å². The van der Waals surface area contributed by atoms with E-state index in [4.69, 9.17) is 5.11 Å². The Kier molecular flexibility index (Phi) is 4.37. The van der Waals surface area contributed by atoms with Gasteiger partial charge in [0.1, 0.15) is 4.88 Å². The van der Waals surface area contributed by atoms with Gasteiger partial charge in [0.05, 0.1) is 6.10 Å². The van der Waals surface area contributed by atoms with Crippen LogP contribution in [0.2, 0.25) is 0 Å². The summed E-state index contributed by atoms with van der Waals surface area (Å²) in [6.07, 6.45) is 2.75. The Morgan fingerprint density at radius 1 is 1.56 bits per heavy atom. The molecule has 0 radical (unpaired) electrons. The van der Waals surface area contributed by atoms with Crippen molar-refractivity contribution in [2.45, 2.75) is 38.8 Å². The maximum Gasteiger partial charge on any atom is 0.345 e. The van der Waals surface area contributed by atoms with Gasteiger partial charge in [0.15, 0.2) is 0 Å². The zero-order chi connectivity index (χ0) is 13.1. The first-order valence-electron chi connectivity index (χ1n) is 6.27. The van der Waals surface area contributed by atoms with Crippen LogP contribution in [0.5, 0.6) is 0 Å². The molecule has 0 saturated heterocycles. The van der Waals surface area contributed by atoms with Gasteiger partial charge in [-0.25, -0.2) is 4.79 Å². The van der Waals surface area contributed by atoms with Crippen molar-refractivity contribution in [3.8, 4) is 0 Å². The van der Waals surface area contributed by atoms with Gasteiger partial charge in [0.2, 0.25) is 0 Å². The number of nitrogens with one attached hydrogen (secondary N) is 1. The zero-order valence-corrected chi connectivity index (χ0v) is 11.3. The largest absolute Gasteiger partial charge is 0.477 e. The lowest BCUT2D eigenvalue weighted by Gasteiger charge is -2.10. The third kappa shape index (κ3) is 3.31. The molecule has 1 aliphatic rings. The molecule has 1 saturated carbocycles. The van der Waals surface area contributed by atoms with Crippen molar-refractivity contribution in [3.63, 3.8) is 0 Å². The van der Waals surface area contributed by atoms with Crippen LogP contribution in [0, 0.1) is 12.8 Å². The highest BCUT2D eigenvalue weighted by Crippen LogP contribution is 2.25. The average Bonchev–Trinajstić information content (AvgIpc) is 2.87. The molecule has 0 spiro atoms. The lowest BCUT2D eigenvalue weighted by atomic mass is 10.1. The molecule has 2 rings (SSSR count). The quantitative estimate of drug-likeness (QED) is 0.764. The molecule has 4 nitrogen and oxygen atoms in total. The average molecular weight is 269 g/mol. The van der Waals surface area contributed by atoms with Gasteiger partial charge >= 0.3 is 5.97 Å². The molecule has 100 valence electrons. The summed E-state index contributed by atoms with van der Waals surface area (Å²) in [7, 11) is 0. The Hall–Kier alpha value is -0.910. The normalized spacial score (nSPS) is 23.4. The molecule has 5 heteroatoms. The first-order chi connectivity index (χ1) is 8.56. The van der Waals surface area contributed by atoms with Crippen LogP contribution >= 0.6 is 11.3 Å². The van der Waals surface area contributed by atoms with Gasteiger partial charge in [-0.05, 0) is 50.3 Å². The monoisotopic (exact) mass is 269 g/mol. The maximum atomic E-state index is 10.8. The highest BCUT2D eigenvalue weighted by atomic mass is 32.1. The SMILES string of the molecule is Cc1sc(C(=O)O)cc1CNCC1CCC(O)C1. The van der Waals surface area contributed by atoms with Crippen LogP contribution in [-0.4, -0.2) is 28.8 Å². The van der Waals surface area contributed by atoms with E-state index in [1.807, 2.05) is 6.92 Å².